The minimum Gasteiger partial charge on any atom is -0.507 e. The first kappa shape index (κ1) is 18.2. The predicted octanol–water partition coefficient (Wildman–Crippen LogP) is 4.65. The van der Waals surface area contributed by atoms with E-state index in [2.05, 4.69) is 0 Å². The fourth-order valence-electron chi connectivity index (χ4n) is 3.05. The van der Waals surface area contributed by atoms with Crippen molar-refractivity contribution in [1.29, 1.82) is 0 Å². The van der Waals surface area contributed by atoms with E-state index in [4.69, 9.17) is 17.3 Å². The van der Waals surface area contributed by atoms with Gasteiger partial charge in [0.25, 0.3) is 5.91 Å². The Labute approximate surface area is 169 Å². The molecule has 5 nitrogen and oxygen atoms in total. The average molecular weight is 407 g/mol. The molecule has 0 atom stereocenters. The molecule has 1 heterocycles. The molecular weight excluding hydrogens is 394 g/mol. The molecule has 138 valence electrons. The van der Waals surface area contributed by atoms with Crippen molar-refractivity contribution in [2.45, 2.75) is 0 Å². The van der Waals surface area contributed by atoms with Crippen LogP contribution in [0.3, 0.4) is 0 Å². The number of nitrogens with zero attached hydrogens (tertiary/aromatic N) is 1. The van der Waals surface area contributed by atoms with E-state index in [-0.39, 0.29) is 11.5 Å². The Kier molecular flexibility index (Phi) is 4.62. The lowest BCUT2D eigenvalue weighted by Crippen LogP contribution is -2.27. The molecule has 1 aliphatic heterocycles. The van der Waals surface area contributed by atoms with Gasteiger partial charge in [-0.05, 0) is 34.5 Å². The van der Waals surface area contributed by atoms with E-state index in [1.54, 1.807) is 6.08 Å². The lowest BCUT2D eigenvalue weighted by Gasteiger charge is -2.15. The summed E-state index contributed by atoms with van der Waals surface area (Å²) < 4.78 is 0.318. The van der Waals surface area contributed by atoms with Gasteiger partial charge in [-0.3, -0.25) is 9.69 Å². The monoisotopic (exact) mass is 407 g/mol. The van der Waals surface area contributed by atoms with E-state index in [0.717, 1.165) is 16.3 Å². The van der Waals surface area contributed by atoms with E-state index in [9.17, 15) is 14.7 Å². The topological polar surface area (TPSA) is 77.8 Å². The first-order valence-electron chi connectivity index (χ1n) is 8.28. The first-order chi connectivity index (χ1) is 13.5. The van der Waals surface area contributed by atoms with Crippen LogP contribution in [0, 0.1) is 0 Å². The van der Waals surface area contributed by atoms with E-state index < -0.39 is 11.7 Å². The van der Waals surface area contributed by atoms with Gasteiger partial charge >= 0.3 is 5.97 Å². The number of carbonyl (C=O) groups excluding carboxylic acids is 1. The van der Waals surface area contributed by atoms with Crippen LogP contribution in [0.4, 0.5) is 5.69 Å². The second-order valence-electron chi connectivity index (χ2n) is 6.09. The van der Waals surface area contributed by atoms with E-state index >= 15 is 0 Å². The van der Waals surface area contributed by atoms with Crippen LogP contribution in [0.25, 0.3) is 16.8 Å². The van der Waals surface area contributed by atoms with Crippen LogP contribution in [0.1, 0.15) is 15.9 Å². The number of thiocarbonyl (C=S) groups is 1. The van der Waals surface area contributed by atoms with E-state index in [1.165, 1.54) is 34.9 Å². The van der Waals surface area contributed by atoms with Crippen molar-refractivity contribution >= 4 is 62.7 Å². The molecule has 0 spiro atoms. The van der Waals surface area contributed by atoms with E-state index in [1.807, 2.05) is 42.5 Å². The third-order valence-electron chi connectivity index (χ3n) is 4.37. The lowest BCUT2D eigenvalue weighted by molar-refractivity contribution is -0.113. The molecule has 3 aromatic rings. The Hall–Kier alpha value is -3.16. The summed E-state index contributed by atoms with van der Waals surface area (Å²) in [5.41, 5.74) is 0.995. The highest BCUT2D eigenvalue weighted by Crippen LogP contribution is 2.38. The maximum absolute atomic E-state index is 12.9. The number of amides is 1. The summed E-state index contributed by atoms with van der Waals surface area (Å²) in [5.74, 6) is -1.98. The van der Waals surface area contributed by atoms with Gasteiger partial charge in [-0.1, -0.05) is 66.4 Å². The standard InChI is InChI=1S/C21H13NO4S2/c23-17-11-14(8-9-16(17)20(25)26)22-19(24)18(28-21(22)27)10-13-6-3-5-12-4-1-2-7-15(12)13/h1-11,23H,(H,25,26)/b18-10-. The van der Waals surface area contributed by atoms with Gasteiger partial charge in [0, 0.05) is 6.07 Å². The largest absolute Gasteiger partial charge is 0.507 e. The summed E-state index contributed by atoms with van der Waals surface area (Å²) in [6.07, 6.45) is 1.80. The Bertz CT molecular complexity index is 1180. The zero-order valence-corrected chi connectivity index (χ0v) is 16.0. The summed E-state index contributed by atoms with van der Waals surface area (Å²) in [6, 6.07) is 17.7. The summed E-state index contributed by atoms with van der Waals surface area (Å²) in [5, 5.41) is 21.1. The van der Waals surface area contributed by atoms with Gasteiger partial charge in [0.15, 0.2) is 4.32 Å². The van der Waals surface area contributed by atoms with Crippen LogP contribution in [-0.4, -0.2) is 26.4 Å². The molecule has 0 bridgehead atoms. The predicted molar refractivity (Wildman–Crippen MR) is 115 cm³/mol. The average Bonchev–Trinajstić information content (AvgIpc) is 2.95. The fraction of sp³-hybridized carbons (Fsp3) is 0. The molecule has 0 saturated carbocycles. The molecule has 7 heteroatoms. The van der Waals surface area contributed by atoms with Crippen LogP contribution in [0.2, 0.25) is 0 Å². The number of aromatic hydroxyl groups is 1. The summed E-state index contributed by atoms with van der Waals surface area (Å²) >= 11 is 6.51. The van der Waals surface area contributed by atoms with Gasteiger partial charge < -0.3 is 10.2 Å². The maximum atomic E-state index is 12.9. The number of thioether (sulfide) groups is 1. The minimum absolute atomic E-state index is 0.236. The van der Waals surface area contributed by atoms with Gasteiger partial charge in [-0.15, -0.1) is 0 Å². The zero-order valence-electron chi connectivity index (χ0n) is 14.3. The molecular formula is C21H13NO4S2. The highest BCUT2D eigenvalue weighted by atomic mass is 32.2. The molecule has 4 rings (SSSR count). The number of fused-ring (bicyclic) bond motifs is 1. The molecule has 0 aromatic heterocycles. The number of hydrogen-bond donors (Lipinski definition) is 2. The molecule has 2 N–H and O–H groups in total. The van der Waals surface area contributed by atoms with Gasteiger partial charge in [-0.2, -0.15) is 0 Å². The fourth-order valence-corrected chi connectivity index (χ4v) is 4.34. The number of carboxylic acids is 1. The van der Waals surface area contributed by atoms with Crippen LogP contribution in [0.5, 0.6) is 5.75 Å². The van der Waals surface area contributed by atoms with Crippen molar-refractivity contribution in [2.24, 2.45) is 0 Å². The minimum atomic E-state index is -1.25. The second-order valence-corrected chi connectivity index (χ2v) is 7.77. The smallest absolute Gasteiger partial charge is 0.339 e. The lowest BCUT2D eigenvalue weighted by atomic mass is 10.0. The highest BCUT2D eigenvalue weighted by Gasteiger charge is 2.34. The van der Waals surface area contributed by atoms with Crippen LogP contribution in [-0.2, 0) is 4.79 Å². The number of phenols is 1. The number of rotatable bonds is 3. The van der Waals surface area contributed by atoms with Crippen molar-refractivity contribution < 1.29 is 19.8 Å². The third-order valence-corrected chi connectivity index (χ3v) is 5.68. The SMILES string of the molecule is O=C(O)c1ccc(N2C(=O)/C(=C/c3cccc4ccccc34)SC2=S)cc1O. The quantitative estimate of drug-likeness (QED) is 0.486. The number of aromatic carboxylic acids is 1. The van der Waals surface area contributed by atoms with Crippen molar-refractivity contribution in [1.82, 2.24) is 0 Å². The Balaban J connectivity index is 1.72. The number of benzene rings is 3. The molecule has 1 saturated heterocycles. The van der Waals surface area contributed by atoms with Crippen molar-refractivity contribution in [3.63, 3.8) is 0 Å². The Morgan fingerprint density at radius 2 is 1.82 bits per heavy atom. The van der Waals surface area contributed by atoms with Gasteiger partial charge in [0.2, 0.25) is 0 Å². The summed E-state index contributed by atoms with van der Waals surface area (Å²) in [4.78, 5) is 25.8. The van der Waals surface area contributed by atoms with Crippen molar-refractivity contribution in [2.75, 3.05) is 4.90 Å². The number of anilines is 1. The van der Waals surface area contributed by atoms with Crippen LogP contribution in [0.15, 0.2) is 65.6 Å². The van der Waals surface area contributed by atoms with Gasteiger partial charge in [0.1, 0.15) is 11.3 Å². The normalized spacial score (nSPS) is 15.6. The molecule has 1 aliphatic rings. The summed E-state index contributed by atoms with van der Waals surface area (Å²) in [6.45, 7) is 0. The van der Waals surface area contributed by atoms with Crippen LogP contribution < -0.4 is 4.90 Å². The molecule has 1 fully saturated rings. The van der Waals surface area contributed by atoms with E-state index in [0.29, 0.717) is 14.9 Å². The Morgan fingerprint density at radius 1 is 1.07 bits per heavy atom. The van der Waals surface area contributed by atoms with Crippen LogP contribution >= 0.6 is 24.0 Å². The maximum Gasteiger partial charge on any atom is 0.339 e. The van der Waals surface area contributed by atoms with Crippen molar-refractivity contribution in [3.05, 3.63) is 76.7 Å². The zero-order chi connectivity index (χ0) is 19.8. The number of carbonyl (C=O) groups is 2. The Morgan fingerprint density at radius 3 is 2.57 bits per heavy atom. The van der Waals surface area contributed by atoms with Crippen molar-refractivity contribution in [3.8, 4) is 5.75 Å². The van der Waals surface area contributed by atoms with Gasteiger partial charge in [-0.25, -0.2) is 4.79 Å². The molecule has 3 aromatic carbocycles. The molecule has 28 heavy (non-hydrogen) atoms. The first-order valence-corrected chi connectivity index (χ1v) is 9.50. The summed E-state index contributed by atoms with van der Waals surface area (Å²) in [7, 11) is 0. The molecule has 1 amide bonds. The highest BCUT2D eigenvalue weighted by molar-refractivity contribution is 8.27. The molecule has 0 radical (unpaired) electrons. The molecule has 0 unspecified atom stereocenters. The second kappa shape index (κ2) is 7.10. The third kappa shape index (κ3) is 3.15. The van der Waals surface area contributed by atoms with Gasteiger partial charge in [0.05, 0.1) is 10.6 Å². The number of hydrogen-bond acceptors (Lipinski definition) is 5. The molecule has 0 aliphatic carbocycles. The number of carboxylic acid groups (broad SMARTS) is 1.